The van der Waals surface area contributed by atoms with E-state index in [1.807, 2.05) is 31.2 Å². The highest BCUT2D eigenvalue weighted by Gasteiger charge is 2.39. The summed E-state index contributed by atoms with van der Waals surface area (Å²) in [7, 11) is 0. The molecule has 2 atom stereocenters. The third-order valence-corrected chi connectivity index (χ3v) is 3.80. The molecule has 2 rings (SSSR count). The van der Waals surface area contributed by atoms with Crippen LogP contribution in [-0.4, -0.2) is 24.1 Å². The monoisotopic (exact) mass is 248 g/mol. The maximum Gasteiger partial charge on any atom is 0.225 e. The van der Waals surface area contributed by atoms with Gasteiger partial charge in [-0.3, -0.25) is 4.79 Å². The Morgan fingerprint density at radius 1 is 1.50 bits per heavy atom. The van der Waals surface area contributed by atoms with Crippen LogP contribution in [0, 0.1) is 5.41 Å². The summed E-state index contributed by atoms with van der Waals surface area (Å²) >= 11 is 0. The first-order valence-corrected chi connectivity index (χ1v) is 6.26. The summed E-state index contributed by atoms with van der Waals surface area (Å²) in [6.07, 6.45) is 0.248. The molecule has 4 nitrogen and oxygen atoms in total. The number of nitrogens with zero attached hydrogens (tertiary/aromatic N) is 1. The Hall–Kier alpha value is -1.55. The van der Waals surface area contributed by atoms with Crippen LogP contribution in [0.1, 0.15) is 31.9 Å². The first kappa shape index (κ1) is 12.9. The van der Waals surface area contributed by atoms with E-state index in [0.29, 0.717) is 6.54 Å². The summed E-state index contributed by atoms with van der Waals surface area (Å²) in [5.74, 6) is -0.250. The molecule has 4 heteroatoms. The van der Waals surface area contributed by atoms with Gasteiger partial charge in [-0.25, -0.2) is 0 Å². The minimum atomic E-state index is -0.512. The van der Waals surface area contributed by atoms with E-state index in [1.54, 1.807) is 6.92 Å². The molecule has 1 saturated heterocycles. The van der Waals surface area contributed by atoms with Crippen LogP contribution < -0.4 is 10.6 Å². The Bertz CT molecular complexity index is 459. The molecule has 0 aliphatic carbocycles. The van der Waals surface area contributed by atoms with Crippen molar-refractivity contribution in [1.29, 1.82) is 0 Å². The predicted molar refractivity (Wildman–Crippen MR) is 71.2 cm³/mol. The minimum Gasteiger partial charge on any atom is -0.389 e. The first-order valence-electron chi connectivity index (χ1n) is 6.26. The lowest BCUT2D eigenvalue weighted by Gasteiger charge is -2.25. The smallest absolute Gasteiger partial charge is 0.225 e. The molecule has 0 radical (unpaired) electrons. The standard InChI is InChI=1S/C14H20N2O2/c1-10(17)11-5-3-4-6-12(11)16-8-7-14(2,9-16)13(15)18/h3-6,10,17H,7-9H2,1-2H3,(H2,15,18)/t10-,14?/m0/s1. The molecular weight excluding hydrogens is 228 g/mol. The predicted octanol–water partition coefficient (Wildman–Crippen LogP) is 1.44. The number of hydrogen-bond acceptors (Lipinski definition) is 3. The fraction of sp³-hybridized carbons (Fsp3) is 0.500. The number of aliphatic hydroxyl groups excluding tert-OH is 1. The number of aliphatic hydroxyl groups is 1. The second-order valence-electron chi connectivity index (χ2n) is 5.33. The fourth-order valence-electron chi connectivity index (χ4n) is 2.50. The largest absolute Gasteiger partial charge is 0.389 e. The lowest BCUT2D eigenvalue weighted by molar-refractivity contribution is -0.125. The molecular formula is C14H20N2O2. The Balaban J connectivity index is 2.27. The van der Waals surface area contributed by atoms with E-state index in [2.05, 4.69) is 4.90 Å². The maximum atomic E-state index is 11.5. The van der Waals surface area contributed by atoms with E-state index < -0.39 is 11.5 Å². The SMILES string of the molecule is C[C@H](O)c1ccccc1N1CCC(C)(C(N)=O)C1. The van der Waals surface area contributed by atoms with E-state index in [-0.39, 0.29) is 5.91 Å². The van der Waals surface area contributed by atoms with Crippen LogP contribution in [0.15, 0.2) is 24.3 Å². The second kappa shape index (κ2) is 4.61. The van der Waals surface area contributed by atoms with E-state index in [4.69, 9.17) is 5.73 Å². The van der Waals surface area contributed by atoms with Gasteiger partial charge in [0, 0.05) is 24.3 Å². The van der Waals surface area contributed by atoms with Gasteiger partial charge in [0.25, 0.3) is 0 Å². The van der Waals surface area contributed by atoms with Gasteiger partial charge in [0.2, 0.25) is 5.91 Å². The number of primary amides is 1. The first-order chi connectivity index (χ1) is 8.44. The van der Waals surface area contributed by atoms with Crippen molar-refractivity contribution in [3.63, 3.8) is 0 Å². The zero-order valence-corrected chi connectivity index (χ0v) is 10.9. The molecule has 1 aromatic rings. The van der Waals surface area contributed by atoms with Gasteiger partial charge in [-0.05, 0) is 26.3 Å². The molecule has 98 valence electrons. The van der Waals surface area contributed by atoms with Gasteiger partial charge in [0.05, 0.1) is 11.5 Å². The van der Waals surface area contributed by atoms with Crippen molar-refractivity contribution < 1.29 is 9.90 Å². The Kier molecular flexibility index (Phi) is 3.30. The quantitative estimate of drug-likeness (QED) is 0.850. The van der Waals surface area contributed by atoms with Gasteiger partial charge >= 0.3 is 0 Å². The van der Waals surface area contributed by atoms with E-state index in [1.165, 1.54) is 0 Å². The second-order valence-corrected chi connectivity index (χ2v) is 5.33. The van der Waals surface area contributed by atoms with E-state index in [9.17, 15) is 9.90 Å². The highest BCUT2D eigenvalue weighted by atomic mass is 16.3. The molecule has 1 amide bonds. The highest BCUT2D eigenvalue weighted by molar-refractivity contribution is 5.82. The Morgan fingerprint density at radius 3 is 2.72 bits per heavy atom. The van der Waals surface area contributed by atoms with Crippen LogP contribution in [0.5, 0.6) is 0 Å². The third-order valence-electron chi connectivity index (χ3n) is 3.80. The van der Waals surface area contributed by atoms with Crippen LogP contribution in [0.2, 0.25) is 0 Å². The normalized spacial score (nSPS) is 25.2. The maximum absolute atomic E-state index is 11.5. The molecule has 1 unspecified atom stereocenters. The lowest BCUT2D eigenvalue weighted by atomic mass is 9.89. The summed E-state index contributed by atoms with van der Waals surface area (Å²) < 4.78 is 0. The number of rotatable bonds is 3. The molecule has 1 aliphatic heterocycles. The summed E-state index contributed by atoms with van der Waals surface area (Å²) in [6.45, 7) is 5.07. The van der Waals surface area contributed by atoms with Crippen molar-refractivity contribution in [1.82, 2.24) is 0 Å². The minimum absolute atomic E-state index is 0.250. The molecule has 0 spiro atoms. The van der Waals surface area contributed by atoms with E-state index >= 15 is 0 Å². The fourth-order valence-corrected chi connectivity index (χ4v) is 2.50. The molecule has 0 saturated carbocycles. The molecule has 3 N–H and O–H groups in total. The number of anilines is 1. The number of amides is 1. The average molecular weight is 248 g/mol. The number of hydrogen-bond donors (Lipinski definition) is 2. The molecule has 18 heavy (non-hydrogen) atoms. The van der Waals surface area contributed by atoms with Crippen molar-refractivity contribution in [2.45, 2.75) is 26.4 Å². The van der Waals surface area contributed by atoms with Crippen molar-refractivity contribution in [2.75, 3.05) is 18.0 Å². The topological polar surface area (TPSA) is 66.6 Å². The van der Waals surface area contributed by atoms with Gasteiger partial charge < -0.3 is 15.7 Å². The molecule has 1 aromatic carbocycles. The lowest BCUT2D eigenvalue weighted by Crippen LogP contribution is -2.37. The number of nitrogens with two attached hydrogens (primary N) is 1. The number of carbonyl (C=O) groups is 1. The highest BCUT2D eigenvalue weighted by Crippen LogP contribution is 2.35. The van der Waals surface area contributed by atoms with Crippen LogP contribution >= 0.6 is 0 Å². The van der Waals surface area contributed by atoms with Gasteiger partial charge in [-0.2, -0.15) is 0 Å². The van der Waals surface area contributed by atoms with Gasteiger partial charge in [-0.1, -0.05) is 18.2 Å². The molecule has 1 heterocycles. The van der Waals surface area contributed by atoms with Gasteiger partial charge in [0.1, 0.15) is 0 Å². The molecule has 0 bridgehead atoms. The van der Waals surface area contributed by atoms with Gasteiger partial charge in [-0.15, -0.1) is 0 Å². The molecule has 1 fully saturated rings. The third kappa shape index (κ3) is 2.20. The summed E-state index contributed by atoms with van der Waals surface area (Å²) in [6, 6.07) is 7.75. The number of carbonyl (C=O) groups excluding carboxylic acids is 1. The van der Waals surface area contributed by atoms with Gasteiger partial charge in [0.15, 0.2) is 0 Å². The zero-order valence-electron chi connectivity index (χ0n) is 10.9. The summed E-state index contributed by atoms with van der Waals surface area (Å²) in [5.41, 5.74) is 6.88. The Labute approximate surface area is 107 Å². The van der Waals surface area contributed by atoms with Crippen molar-refractivity contribution in [2.24, 2.45) is 11.1 Å². The van der Waals surface area contributed by atoms with Crippen molar-refractivity contribution >= 4 is 11.6 Å². The van der Waals surface area contributed by atoms with Crippen LogP contribution in [0.3, 0.4) is 0 Å². The van der Waals surface area contributed by atoms with E-state index in [0.717, 1.165) is 24.2 Å². The molecule has 1 aliphatic rings. The molecule has 0 aromatic heterocycles. The van der Waals surface area contributed by atoms with Crippen LogP contribution in [0.25, 0.3) is 0 Å². The summed E-state index contributed by atoms with van der Waals surface area (Å²) in [4.78, 5) is 13.6. The van der Waals surface area contributed by atoms with Crippen LogP contribution in [0.4, 0.5) is 5.69 Å². The van der Waals surface area contributed by atoms with Crippen LogP contribution in [-0.2, 0) is 4.79 Å². The summed E-state index contributed by atoms with van der Waals surface area (Å²) in [5, 5.41) is 9.79. The van der Waals surface area contributed by atoms with Crippen molar-refractivity contribution in [3.05, 3.63) is 29.8 Å². The zero-order chi connectivity index (χ0) is 13.3. The van der Waals surface area contributed by atoms with Crippen molar-refractivity contribution in [3.8, 4) is 0 Å². The Morgan fingerprint density at radius 2 is 2.17 bits per heavy atom. The number of para-hydroxylation sites is 1. The average Bonchev–Trinajstić information content (AvgIpc) is 2.73. The number of benzene rings is 1.